The summed E-state index contributed by atoms with van der Waals surface area (Å²) in [6.07, 6.45) is 1.86. The summed E-state index contributed by atoms with van der Waals surface area (Å²) in [6, 6.07) is 1.12. The zero-order valence-electron chi connectivity index (χ0n) is 11.5. The Balaban J connectivity index is 2.71. The van der Waals surface area contributed by atoms with E-state index in [2.05, 4.69) is 17.2 Å². The number of carbonyl (C=O) groups excluding carboxylic acids is 1. The summed E-state index contributed by atoms with van der Waals surface area (Å²) in [4.78, 5) is 25.8. The fourth-order valence-electron chi connectivity index (χ4n) is 1.52. The third-order valence-electron chi connectivity index (χ3n) is 2.64. The van der Waals surface area contributed by atoms with Gasteiger partial charge in [-0.15, -0.1) is 0 Å². The first kappa shape index (κ1) is 16.2. The molecule has 1 unspecified atom stereocenters. The van der Waals surface area contributed by atoms with E-state index in [1.54, 1.807) is 11.8 Å². The van der Waals surface area contributed by atoms with Gasteiger partial charge in [-0.3, -0.25) is 14.9 Å². The molecule has 1 aromatic heterocycles. The molecule has 0 saturated heterocycles. The molecule has 1 rings (SSSR count). The van der Waals surface area contributed by atoms with Crippen LogP contribution in [0.2, 0.25) is 0 Å². The molecule has 0 fully saturated rings. The minimum absolute atomic E-state index is 0.0109. The lowest BCUT2D eigenvalue weighted by Gasteiger charge is -2.14. The van der Waals surface area contributed by atoms with E-state index in [1.807, 2.05) is 6.92 Å². The van der Waals surface area contributed by atoms with Gasteiger partial charge < -0.3 is 11.1 Å². The molecule has 8 heteroatoms. The van der Waals surface area contributed by atoms with E-state index in [0.29, 0.717) is 0 Å². The number of rotatable bonds is 7. The lowest BCUT2D eigenvalue weighted by Crippen LogP contribution is -2.33. The molecule has 0 saturated carbocycles. The third-order valence-corrected chi connectivity index (χ3v) is 3.57. The lowest BCUT2D eigenvalue weighted by molar-refractivity contribution is -0.385. The van der Waals surface area contributed by atoms with Crippen LogP contribution in [0.25, 0.3) is 0 Å². The quantitative estimate of drug-likeness (QED) is 0.451. The molecule has 110 valence electrons. The fraction of sp³-hybridized carbons (Fsp3) is 0.500. The van der Waals surface area contributed by atoms with Gasteiger partial charge in [-0.05, 0) is 24.9 Å². The average molecular weight is 298 g/mol. The summed E-state index contributed by atoms with van der Waals surface area (Å²) in [5.41, 5.74) is 5.37. The number of thioether (sulfide) groups is 1. The van der Waals surface area contributed by atoms with Crippen molar-refractivity contribution in [3.63, 3.8) is 0 Å². The summed E-state index contributed by atoms with van der Waals surface area (Å²) in [5.74, 6) is 1.53. The zero-order chi connectivity index (χ0) is 15.1. The van der Waals surface area contributed by atoms with Crippen molar-refractivity contribution < 1.29 is 9.72 Å². The molecule has 20 heavy (non-hydrogen) atoms. The molecule has 3 N–H and O–H groups in total. The molecule has 0 aliphatic heterocycles. The minimum Gasteiger partial charge on any atom is -0.383 e. The number of hydrogen-bond donors (Lipinski definition) is 2. The van der Waals surface area contributed by atoms with E-state index in [4.69, 9.17) is 5.73 Å². The van der Waals surface area contributed by atoms with Crippen molar-refractivity contribution in [2.75, 3.05) is 17.2 Å². The number of nitrogens with two attached hydrogens (primary N) is 1. The summed E-state index contributed by atoms with van der Waals surface area (Å²) in [7, 11) is 0. The van der Waals surface area contributed by atoms with Gasteiger partial charge >= 0.3 is 0 Å². The van der Waals surface area contributed by atoms with Gasteiger partial charge in [-0.2, -0.15) is 11.8 Å². The molecule has 1 heterocycles. The predicted molar refractivity (Wildman–Crippen MR) is 79.8 cm³/mol. The van der Waals surface area contributed by atoms with E-state index in [9.17, 15) is 14.9 Å². The Morgan fingerprint density at radius 2 is 2.35 bits per heavy atom. The highest BCUT2D eigenvalue weighted by molar-refractivity contribution is 7.99. The van der Waals surface area contributed by atoms with Crippen LogP contribution < -0.4 is 11.1 Å². The molecule has 1 aromatic rings. The van der Waals surface area contributed by atoms with E-state index >= 15 is 0 Å². The molecule has 0 radical (unpaired) electrons. The standard InChI is InChI=1S/C12H18N4O3S/c1-3-20-5-4-8(2)15-12(17)10-6-9(16(18)19)7-14-11(10)13/h6-8H,3-5H2,1-2H3,(H2,13,14)(H,15,17). The maximum atomic E-state index is 12.0. The van der Waals surface area contributed by atoms with Gasteiger partial charge in [0.25, 0.3) is 11.6 Å². The topological polar surface area (TPSA) is 111 Å². The number of carbonyl (C=O) groups is 1. The third kappa shape index (κ3) is 4.69. The van der Waals surface area contributed by atoms with Crippen molar-refractivity contribution in [1.82, 2.24) is 10.3 Å². The number of nitrogens with one attached hydrogen (secondary N) is 1. The van der Waals surface area contributed by atoms with E-state index in [0.717, 1.165) is 30.2 Å². The molecule has 0 aromatic carbocycles. The Bertz CT molecular complexity index is 496. The Kier molecular flexibility index (Phi) is 6.23. The normalized spacial score (nSPS) is 11.9. The van der Waals surface area contributed by atoms with Gasteiger partial charge in [-0.1, -0.05) is 6.92 Å². The number of aromatic nitrogens is 1. The van der Waals surface area contributed by atoms with Crippen molar-refractivity contribution in [3.8, 4) is 0 Å². The van der Waals surface area contributed by atoms with Crippen LogP contribution in [0.4, 0.5) is 11.5 Å². The van der Waals surface area contributed by atoms with Gasteiger partial charge in [0, 0.05) is 12.1 Å². The van der Waals surface area contributed by atoms with Gasteiger partial charge in [0.05, 0.1) is 10.5 Å². The van der Waals surface area contributed by atoms with Crippen LogP contribution in [0, 0.1) is 10.1 Å². The van der Waals surface area contributed by atoms with E-state index < -0.39 is 10.8 Å². The number of anilines is 1. The van der Waals surface area contributed by atoms with Crippen LogP contribution in [0.3, 0.4) is 0 Å². The summed E-state index contributed by atoms with van der Waals surface area (Å²) >= 11 is 1.79. The highest BCUT2D eigenvalue weighted by Gasteiger charge is 2.17. The summed E-state index contributed by atoms with van der Waals surface area (Å²) < 4.78 is 0. The van der Waals surface area contributed by atoms with Crippen molar-refractivity contribution in [2.24, 2.45) is 0 Å². The molecular formula is C12H18N4O3S. The van der Waals surface area contributed by atoms with Crippen molar-refractivity contribution in [3.05, 3.63) is 27.9 Å². The van der Waals surface area contributed by atoms with Gasteiger partial charge in [0.2, 0.25) is 0 Å². The molecular weight excluding hydrogens is 280 g/mol. The second-order valence-electron chi connectivity index (χ2n) is 4.24. The highest BCUT2D eigenvalue weighted by Crippen LogP contribution is 2.17. The van der Waals surface area contributed by atoms with Gasteiger partial charge in [-0.25, -0.2) is 4.98 Å². The van der Waals surface area contributed by atoms with Crippen LogP contribution in [-0.2, 0) is 0 Å². The smallest absolute Gasteiger partial charge is 0.288 e. The lowest BCUT2D eigenvalue weighted by atomic mass is 10.2. The molecule has 0 aliphatic rings. The maximum absolute atomic E-state index is 12.0. The first-order valence-corrected chi connectivity index (χ1v) is 7.39. The maximum Gasteiger partial charge on any atom is 0.288 e. The van der Waals surface area contributed by atoms with E-state index in [-0.39, 0.29) is 23.1 Å². The molecule has 7 nitrogen and oxygen atoms in total. The first-order chi connectivity index (χ1) is 9.45. The number of pyridine rings is 1. The monoisotopic (exact) mass is 298 g/mol. The van der Waals surface area contributed by atoms with Gasteiger partial charge in [0.1, 0.15) is 12.0 Å². The van der Waals surface area contributed by atoms with Crippen LogP contribution in [-0.4, -0.2) is 33.4 Å². The number of nitro groups is 1. The Labute approximate surface area is 121 Å². The minimum atomic E-state index is -0.607. The van der Waals surface area contributed by atoms with Crippen LogP contribution in [0.15, 0.2) is 12.3 Å². The number of nitrogen functional groups attached to an aromatic ring is 1. The molecule has 0 spiro atoms. The second kappa shape index (κ2) is 7.68. The molecule has 1 amide bonds. The molecule has 0 bridgehead atoms. The summed E-state index contributed by atoms with van der Waals surface area (Å²) in [6.45, 7) is 3.96. The highest BCUT2D eigenvalue weighted by atomic mass is 32.2. The van der Waals surface area contributed by atoms with E-state index in [1.165, 1.54) is 0 Å². The Morgan fingerprint density at radius 1 is 1.65 bits per heavy atom. The SMILES string of the molecule is CCSCCC(C)NC(=O)c1cc([N+](=O)[O-])cnc1N. The van der Waals surface area contributed by atoms with Crippen LogP contribution in [0.1, 0.15) is 30.6 Å². The largest absolute Gasteiger partial charge is 0.383 e. The van der Waals surface area contributed by atoms with Crippen LogP contribution >= 0.6 is 11.8 Å². The molecule has 0 aliphatic carbocycles. The Morgan fingerprint density at radius 3 is 2.95 bits per heavy atom. The van der Waals surface area contributed by atoms with Gasteiger partial charge in [0.15, 0.2) is 0 Å². The average Bonchev–Trinajstić information content (AvgIpc) is 2.39. The molecule has 1 atom stereocenters. The predicted octanol–water partition coefficient (Wildman–Crippen LogP) is 1.83. The Hall–Kier alpha value is -1.83. The number of amides is 1. The number of hydrogen-bond acceptors (Lipinski definition) is 6. The van der Waals surface area contributed by atoms with Crippen molar-refractivity contribution in [2.45, 2.75) is 26.3 Å². The van der Waals surface area contributed by atoms with Crippen molar-refractivity contribution >= 4 is 29.2 Å². The second-order valence-corrected chi connectivity index (χ2v) is 5.64. The van der Waals surface area contributed by atoms with Crippen LogP contribution in [0.5, 0.6) is 0 Å². The fourth-order valence-corrected chi connectivity index (χ4v) is 2.33. The van der Waals surface area contributed by atoms with Crippen molar-refractivity contribution in [1.29, 1.82) is 0 Å². The first-order valence-electron chi connectivity index (χ1n) is 6.24. The summed E-state index contributed by atoms with van der Waals surface area (Å²) in [5, 5.41) is 13.4. The zero-order valence-corrected chi connectivity index (χ0v) is 12.3. The number of nitrogens with zero attached hydrogens (tertiary/aromatic N) is 2.